The number of nitrogens with zero attached hydrogens (tertiary/aromatic N) is 2. The number of rotatable bonds is 5. The summed E-state index contributed by atoms with van der Waals surface area (Å²) >= 11 is 0. The molecule has 1 atom stereocenters. The van der Waals surface area contributed by atoms with Gasteiger partial charge in [-0.25, -0.2) is 0 Å². The van der Waals surface area contributed by atoms with Crippen LogP contribution in [0.1, 0.15) is 20.8 Å². The third-order valence-electron chi connectivity index (χ3n) is 3.48. The van der Waals surface area contributed by atoms with E-state index < -0.39 is 5.54 Å². The van der Waals surface area contributed by atoms with E-state index in [2.05, 4.69) is 23.6 Å². The van der Waals surface area contributed by atoms with Gasteiger partial charge in [0.05, 0.1) is 18.8 Å². The zero-order valence-corrected chi connectivity index (χ0v) is 10.9. The number of ether oxygens (including phenoxy) is 1. The number of aldehydes is 1. The molecule has 4 nitrogen and oxygen atoms in total. The standard InChI is InChI=1S/C12H24N2O2/c1-11(2)13(4)12(3,10-15)9-14-5-7-16-8-6-14/h10-11H,5-9H2,1-4H3. The normalized spacial score (nSPS) is 22.4. The summed E-state index contributed by atoms with van der Waals surface area (Å²) < 4.78 is 5.31. The largest absolute Gasteiger partial charge is 0.379 e. The fourth-order valence-corrected chi connectivity index (χ4v) is 2.03. The van der Waals surface area contributed by atoms with E-state index in [1.54, 1.807) is 0 Å². The zero-order chi connectivity index (χ0) is 12.2. The molecule has 4 heteroatoms. The number of hydrogen-bond donors (Lipinski definition) is 0. The molecular weight excluding hydrogens is 204 g/mol. The minimum atomic E-state index is -0.397. The van der Waals surface area contributed by atoms with Gasteiger partial charge < -0.3 is 9.53 Å². The quantitative estimate of drug-likeness (QED) is 0.646. The van der Waals surface area contributed by atoms with Crippen LogP contribution in [-0.4, -0.2) is 67.6 Å². The molecule has 0 amide bonds. The van der Waals surface area contributed by atoms with Crippen molar-refractivity contribution in [2.24, 2.45) is 0 Å². The Bertz CT molecular complexity index is 227. The Morgan fingerprint density at radius 2 is 2.00 bits per heavy atom. The summed E-state index contributed by atoms with van der Waals surface area (Å²) in [7, 11) is 2.01. The molecule has 0 aromatic rings. The maximum atomic E-state index is 11.3. The van der Waals surface area contributed by atoms with Crippen molar-refractivity contribution in [1.82, 2.24) is 9.80 Å². The second kappa shape index (κ2) is 5.75. The first kappa shape index (κ1) is 13.6. The topological polar surface area (TPSA) is 32.8 Å². The van der Waals surface area contributed by atoms with E-state index >= 15 is 0 Å². The summed E-state index contributed by atoms with van der Waals surface area (Å²) in [5, 5.41) is 0. The van der Waals surface area contributed by atoms with Crippen LogP contribution in [0, 0.1) is 0 Å². The SMILES string of the molecule is CC(C)N(C)C(C)(C=O)CN1CCOCC1. The van der Waals surface area contributed by atoms with Gasteiger partial charge >= 0.3 is 0 Å². The number of likely N-dealkylation sites (N-methyl/N-ethyl adjacent to an activating group) is 1. The Morgan fingerprint density at radius 3 is 2.44 bits per heavy atom. The lowest BCUT2D eigenvalue weighted by Crippen LogP contribution is -2.57. The smallest absolute Gasteiger partial charge is 0.141 e. The van der Waals surface area contributed by atoms with Crippen molar-refractivity contribution in [2.75, 3.05) is 39.9 Å². The molecule has 0 aromatic heterocycles. The van der Waals surface area contributed by atoms with Gasteiger partial charge in [-0.1, -0.05) is 0 Å². The van der Waals surface area contributed by atoms with Crippen molar-refractivity contribution >= 4 is 6.29 Å². The minimum Gasteiger partial charge on any atom is -0.379 e. The summed E-state index contributed by atoms with van der Waals surface area (Å²) in [6, 6.07) is 0.372. The monoisotopic (exact) mass is 228 g/mol. The Kier molecular flexibility index (Phi) is 4.89. The van der Waals surface area contributed by atoms with Gasteiger partial charge in [-0.3, -0.25) is 9.80 Å². The van der Waals surface area contributed by atoms with Crippen LogP contribution in [0.4, 0.5) is 0 Å². The maximum absolute atomic E-state index is 11.3. The van der Waals surface area contributed by atoms with Crippen molar-refractivity contribution in [1.29, 1.82) is 0 Å². The molecule has 1 heterocycles. The summed E-state index contributed by atoms with van der Waals surface area (Å²) in [5.41, 5.74) is -0.397. The number of morpholine rings is 1. The summed E-state index contributed by atoms with van der Waals surface area (Å²) in [4.78, 5) is 15.8. The number of hydrogen-bond acceptors (Lipinski definition) is 4. The lowest BCUT2D eigenvalue weighted by molar-refractivity contribution is -0.120. The van der Waals surface area contributed by atoms with E-state index in [1.807, 2.05) is 14.0 Å². The third-order valence-corrected chi connectivity index (χ3v) is 3.48. The average Bonchev–Trinajstić information content (AvgIpc) is 2.29. The third kappa shape index (κ3) is 3.27. The lowest BCUT2D eigenvalue weighted by atomic mass is 9.99. The Labute approximate surface area is 98.5 Å². The van der Waals surface area contributed by atoms with Crippen LogP contribution in [0.2, 0.25) is 0 Å². The van der Waals surface area contributed by atoms with Gasteiger partial charge in [0, 0.05) is 25.7 Å². The first-order valence-electron chi connectivity index (χ1n) is 5.99. The molecule has 0 aromatic carbocycles. The van der Waals surface area contributed by atoms with Crippen LogP contribution in [0.15, 0.2) is 0 Å². The van der Waals surface area contributed by atoms with Crippen LogP contribution >= 0.6 is 0 Å². The van der Waals surface area contributed by atoms with Crippen molar-refractivity contribution in [3.8, 4) is 0 Å². The Morgan fingerprint density at radius 1 is 1.44 bits per heavy atom. The lowest BCUT2D eigenvalue weighted by Gasteiger charge is -2.41. The molecule has 1 saturated heterocycles. The summed E-state index contributed by atoms with van der Waals surface area (Å²) in [5.74, 6) is 0. The van der Waals surface area contributed by atoms with Crippen LogP contribution in [0.3, 0.4) is 0 Å². The van der Waals surface area contributed by atoms with Crippen molar-refractivity contribution in [2.45, 2.75) is 32.4 Å². The first-order chi connectivity index (χ1) is 7.49. The molecule has 1 aliphatic heterocycles. The van der Waals surface area contributed by atoms with E-state index in [1.165, 1.54) is 0 Å². The van der Waals surface area contributed by atoms with Crippen LogP contribution in [0.25, 0.3) is 0 Å². The van der Waals surface area contributed by atoms with Crippen molar-refractivity contribution in [3.63, 3.8) is 0 Å². The van der Waals surface area contributed by atoms with Crippen LogP contribution < -0.4 is 0 Å². The fraction of sp³-hybridized carbons (Fsp3) is 0.917. The number of carbonyl (C=O) groups excluding carboxylic acids is 1. The van der Waals surface area contributed by atoms with Gasteiger partial charge in [-0.05, 0) is 27.8 Å². The highest BCUT2D eigenvalue weighted by Crippen LogP contribution is 2.16. The van der Waals surface area contributed by atoms with E-state index in [9.17, 15) is 4.79 Å². The molecule has 0 aliphatic carbocycles. The summed E-state index contributed by atoms with van der Waals surface area (Å²) in [6.07, 6.45) is 1.07. The first-order valence-corrected chi connectivity index (χ1v) is 5.99. The maximum Gasteiger partial charge on any atom is 0.141 e. The predicted octanol–water partition coefficient (Wildman–Crippen LogP) is 0.616. The highest BCUT2D eigenvalue weighted by Gasteiger charge is 2.33. The molecule has 0 spiro atoms. The van der Waals surface area contributed by atoms with Gasteiger partial charge in [-0.2, -0.15) is 0 Å². The minimum absolute atomic E-state index is 0.372. The Hall–Kier alpha value is -0.450. The molecule has 16 heavy (non-hydrogen) atoms. The second-order valence-electron chi connectivity index (χ2n) is 5.07. The zero-order valence-electron chi connectivity index (χ0n) is 10.9. The van der Waals surface area contributed by atoms with Crippen LogP contribution in [0.5, 0.6) is 0 Å². The van der Waals surface area contributed by atoms with Gasteiger partial charge in [0.25, 0.3) is 0 Å². The van der Waals surface area contributed by atoms with Crippen LogP contribution in [-0.2, 0) is 9.53 Å². The molecule has 1 fully saturated rings. The Balaban J connectivity index is 2.60. The van der Waals surface area contributed by atoms with Crippen molar-refractivity contribution in [3.05, 3.63) is 0 Å². The van der Waals surface area contributed by atoms with Crippen molar-refractivity contribution < 1.29 is 9.53 Å². The fourth-order valence-electron chi connectivity index (χ4n) is 2.03. The van der Waals surface area contributed by atoms with E-state index in [0.29, 0.717) is 6.04 Å². The molecule has 94 valence electrons. The number of carbonyl (C=O) groups is 1. The molecule has 0 radical (unpaired) electrons. The highest BCUT2D eigenvalue weighted by atomic mass is 16.5. The highest BCUT2D eigenvalue weighted by molar-refractivity contribution is 5.64. The molecule has 1 aliphatic rings. The molecule has 0 saturated carbocycles. The molecular formula is C12H24N2O2. The predicted molar refractivity (Wildman–Crippen MR) is 64.6 cm³/mol. The van der Waals surface area contributed by atoms with Gasteiger partial charge in [0.1, 0.15) is 6.29 Å². The molecule has 1 unspecified atom stereocenters. The van der Waals surface area contributed by atoms with Gasteiger partial charge in [-0.15, -0.1) is 0 Å². The van der Waals surface area contributed by atoms with Gasteiger partial charge in [0.15, 0.2) is 0 Å². The van der Waals surface area contributed by atoms with E-state index in [-0.39, 0.29) is 0 Å². The van der Waals surface area contributed by atoms with E-state index in [0.717, 1.165) is 39.1 Å². The molecule has 1 rings (SSSR count). The molecule has 0 N–H and O–H groups in total. The molecule has 0 bridgehead atoms. The second-order valence-corrected chi connectivity index (χ2v) is 5.07. The van der Waals surface area contributed by atoms with Gasteiger partial charge in [0.2, 0.25) is 0 Å². The summed E-state index contributed by atoms with van der Waals surface area (Å²) in [6.45, 7) is 10.4. The average molecular weight is 228 g/mol. The van der Waals surface area contributed by atoms with E-state index in [4.69, 9.17) is 4.74 Å².